The predicted molar refractivity (Wildman–Crippen MR) is 52.5 cm³/mol. The van der Waals surface area contributed by atoms with Gasteiger partial charge in [0.15, 0.2) is 0 Å². The number of nitrogens with zero attached hydrogens (tertiary/aromatic N) is 2. The van der Waals surface area contributed by atoms with Crippen LogP contribution in [0, 0.1) is 16.7 Å². The zero-order valence-electron chi connectivity index (χ0n) is 8.45. The molecule has 0 amide bonds. The first kappa shape index (κ1) is 11.4. The van der Waals surface area contributed by atoms with E-state index in [1.54, 1.807) is 0 Å². The molecule has 0 atom stereocenters. The molecule has 0 saturated carbocycles. The zero-order valence-corrected chi connectivity index (χ0v) is 9.26. The van der Waals surface area contributed by atoms with Crippen molar-refractivity contribution in [3.63, 3.8) is 0 Å². The molecule has 1 N–H and O–H groups in total. The summed E-state index contributed by atoms with van der Waals surface area (Å²) in [4.78, 5) is 0. The van der Waals surface area contributed by atoms with Crippen molar-refractivity contribution in [2.45, 2.75) is 19.8 Å². The highest BCUT2D eigenvalue weighted by Crippen LogP contribution is 2.30. The molecule has 0 unspecified atom stereocenters. The Balaban J connectivity index is 2.66. The minimum atomic E-state index is -3.31. The minimum Gasteiger partial charge on any atom is -0.205 e. The molecule has 0 spiro atoms. The molecule has 80 valence electrons. The lowest BCUT2D eigenvalue weighted by atomic mass is 9.83. The maximum atomic E-state index is 11.4. The lowest BCUT2D eigenvalue weighted by Gasteiger charge is -2.33. The summed E-state index contributed by atoms with van der Waals surface area (Å²) in [6.45, 7) is 2.72. The third kappa shape index (κ3) is 2.23. The van der Waals surface area contributed by atoms with Crippen LogP contribution >= 0.6 is 0 Å². The van der Waals surface area contributed by atoms with Crippen molar-refractivity contribution in [2.75, 3.05) is 20.1 Å². The predicted octanol–water partition coefficient (Wildman–Crippen LogP) is 0.0763. The molecular formula is C8H15N3O2S. The Morgan fingerprint density at radius 1 is 1.43 bits per heavy atom. The Morgan fingerprint density at radius 3 is 2.29 bits per heavy atom. The monoisotopic (exact) mass is 217 g/mol. The second-order valence-electron chi connectivity index (χ2n) is 3.78. The number of rotatable bonds is 2. The van der Waals surface area contributed by atoms with Crippen LogP contribution in [0.15, 0.2) is 0 Å². The van der Waals surface area contributed by atoms with Crippen LogP contribution in [0.25, 0.3) is 0 Å². The van der Waals surface area contributed by atoms with E-state index in [1.165, 1.54) is 11.4 Å². The van der Waals surface area contributed by atoms with Gasteiger partial charge in [-0.25, -0.2) is 4.72 Å². The van der Waals surface area contributed by atoms with Crippen molar-refractivity contribution >= 4 is 10.2 Å². The normalized spacial score (nSPS) is 22.9. The van der Waals surface area contributed by atoms with Crippen molar-refractivity contribution in [1.29, 1.82) is 5.26 Å². The van der Waals surface area contributed by atoms with Crippen LogP contribution in [0.3, 0.4) is 0 Å². The van der Waals surface area contributed by atoms with Gasteiger partial charge in [0.25, 0.3) is 10.2 Å². The Morgan fingerprint density at radius 2 is 1.93 bits per heavy atom. The number of nitrogens with one attached hydrogen (secondary N) is 1. The van der Waals surface area contributed by atoms with Gasteiger partial charge in [-0.3, -0.25) is 0 Å². The summed E-state index contributed by atoms with van der Waals surface area (Å²) >= 11 is 0. The third-order valence-electron chi connectivity index (χ3n) is 2.69. The molecular weight excluding hydrogens is 202 g/mol. The highest BCUT2D eigenvalue weighted by Gasteiger charge is 2.34. The molecule has 1 rings (SSSR count). The van der Waals surface area contributed by atoms with Gasteiger partial charge in [0.05, 0.1) is 11.5 Å². The molecule has 1 heterocycles. The average Bonchev–Trinajstić information content (AvgIpc) is 2.19. The quantitative estimate of drug-likeness (QED) is 0.711. The largest absolute Gasteiger partial charge is 0.279 e. The van der Waals surface area contributed by atoms with Gasteiger partial charge < -0.3 is 0 Å². The number of piperidine rings is 1. The lowest BCUT2D eigenvalue weighted by Crippen LogP contribution is -2.45. The van der Waals surface area contributed by atoms with Gasteiger partial charge in [0.2, 0.25) is 0 Å². The minimum absolute atomic E-state index is 0.361. The van der Waals surface area contributed by atoms with Gasteiger partial charge in [-0.05, 0) is 19.8 Å². The van der Waals surface area contributed by atoms with E-state index in [4.69, 9.17) is 5.26 Å². The Labute approximate surface area is 84.9 Å². The van der Waals surface area contributed by atoms with Crippen LogP contribution in [-0.2, 0) is 10.2 Å². The molecule has 14 heavy (non-hydrogen) atoms. The average molecular weight is 217 g/mol. The smallest absolute Gasteiger partial charge is 0.205 e. The van der Waals surface area contributed by atoms with Gasteiger partial charge in [0, 0.05) is 20.1 Å². The fourth-order valence-electron chi connectivity index (χ4n) is 1.46. The third-order valence-corrected chi connectivity index (χ3v) is 4.25. The van der Waals surface area contributed by atoms with E-state index in [-0.39, 0.29) is 5.41 Å². The Bertz CT molecular complexity index is 336. The number of hydrogen-bond donors (Lipinski definition) is 1. The van der Waals surface area contributed by atoms with Crippen molar-refractivity contribution in [3.05, 3.63) is 0 Å². The van der Waals surface area contributed by atoms with Crippen molar-refractivity contribution < 1.29 is 8.42 Å². The van der Waals surface area contributed by atoms with Crippen LogP contribution < -0.4 is 4.72 Å². The molecule has 5 nitrogen and oxygen atoms in total. The van der Waals surface area contributed by atoms with E-state index >= 15 is 0 Å². The van der Waals surface area contributed by atoms with E-state index < -0.39 is 10.2 Å². The molecule has 0 aliphatic carbocycles. The highest BCUT2D eigenvalue weighted by atomic mass is 32.2. The maximum Gasteiger partial charge on any atom is 0.279 e. The Kier molecular flexibility index (Phi) is 3.14. The summed E-state index contributed by atoms with van der Waals surface area (Å²) in [5.41, 5.74) is -0.361. The fourth-order valence-corrected chi connectivity index (χ4v) is 2.38. The molecule has 1 aliphatic rings. The van der Waals surface area contributed by atoms with Crippen molar-refractivity contribution in [1.82, 2.24) is 9.03 Å². The molecule has 0 aromatic carbocycles. The van der Waals surface area contributed by atoms with Gasteiger partial charge in [-0.2, -0.15) is 18.0 Å². The van der Waals surface area contributed by atoms with Crippen LogP contribution in [0.1, 0.15) is 19.8 Å². The summed E-state index contributed by atoms with van der Waals surface area (Å²) in [6.07, 6.45) is 1.20. The SMILES string of the molecule is CNS(=O)(=O)N1CCC(C)(C#N)CC1. The summed E-state index contributed by atoms with van der Waals surface area (Å²) in [5, 5.41) is 8.86. The van der Waals surface area contributed by atoms with Crippen LogP contribution in [-0.4, -0.2) is 32.9 Å². The Hall–Kier alpha value is -0.640. The molecule has 0 aromatic rings. The summed E-state index contributed by atoms with van der Waals surface area (Å²) in [6, 6.07) is 2.23. The van der Waals surface area contributed by atoms with E-state index in [2.05, 4.69) is 10.8 Å². The lowest BCUT2D eigenvalue weighted by molar-refractivity contribution is 0.230. The van der Waals surface area contributed by atoms with E-state index in [0.29, 0.717) is 25.9 Å². The first-order chi connectivity index (χ1) is 6.43. The standard InChI is InChI=1S/C8H15N3O2S/c1-8(7-9)3-5-11(6-4-8)14(12,13)10-2/h10H,3-6H2,1-2H3. The van der Waals surface area contributed by atoms with Crippen molar-refractivity contribution in [2.24, 2.45) is 5.41 Å². The fraction of sp³-hybridized carbons (Fsp3) is 0.875. The number of hydrogen-bond acceptors (Lipinski definition) is 3. The van der Waals surface area contributed by atoms with E-state index in [9.17, 15) is 8.42 Å². The second-order valence-corrected chi connectivity index (χ2v) is 5.66. The van der Waals surface area contributed by atoms with E-state index in [0.717, 1.165) is 0 Å². The molecule has 6 heteroatoms. The molecule has 0 bridgehead atoms. The van der Waals surface area contributed by atoms with Crippen LogP contribution in [0.4, 0.5) is 0 Å². The van der Waals surface area contributed by atoms with Crippen molar-refractivity contribution in [3.8, 4) is 6.07 Å². The van der Waals surface area contributed by atoms with Gasteiger partial charge in [-0.1, -0.05) is 0 Å². The molecule has 1 saturated heterocycles. The summed E-state index contributed by atoms with van der Waals surface area (Å²) in [7, 11) is -1.91. The molecule has 0 aromatic heterocycles. The summed E-state index contributed by atoms with van der Waals surface area (Å²) in [5.74, 6) is 0. The first-order valence-electron chi connectivity index (χ1n) is 4.53. The summed E-state index contributed by atoms with van der Waals surface area (Å²) < 4.78 is 26.4. The van der Waals surface area contributed by atoms with Gasteiger partial charge in [0.1, 0.15) is 0 Å². The van der Waals surface area contributed by atoms with Gasteiger partial charge >= 0.3 is 0 Å². The molecule has 1 aliphatic heterocycles. The van der Waals surface area contributed by atoms with Crippen LogP contribution in [0.5, 0.6) is 0 Å². The molecule has 0 radical (unpaired) electrons. The number of nitriles is 1. The first-order valence-corrected chi connectivity index (χ1v) is 5.97. The second kappa shape index (κ2) is 3.85. The van der Waals surface area contributed by atoms with Gasteiger partial charge in [-0.15, -0.1) is 0 Å². The molecule has 1 fully saturated rings. The van der Waals surface area contributed by atoms with E-state index in [1.807, 2.05) is 6.92 Å². The topological polar surface area (TPSA) is 73.2 Å². The zero-order chi connectivity index (χ0) is 10.8. The van der Waals surface area contributed by atoms with Crippen LogP contribution in [0.2, 0.25) is 0 Å². The highest BCUT2D eigenvalue weighted by molar-refractivity contribution is 7.87. The maximum absolute atomic E-state index is 11.4.